The van der Waals surface area contributed by atoms with Crippen molar-refractivity contribution >= 4 is 52.5 Å². The Morgan fingerprint density at radius 2 is 1.87 bits per heavy atom. The van der Waals surface area contributed by atoms with Crippen molar-refractivity contribution in [2.45, 2.75) is 102 Å². The number of imidazole rings is 1. The number of halogens is 4. The third-order valence-corrected chi connectivity index (χ3v) is 12.6. The van der Waals surface area contributed by atoms with E-state index in [2.05, 4.69) is 44.2 Å². The van der Waals surface area contributed by atoms with Gasteiger partial charge in [-0.25, -0.2) is 18.6 Å². The van der Waals surface area contributed by atoms with Crippen LogP contribution in [0.15, 0.2) is 60.9 Å². The summed E-state index contributed by atoms with van der Waals surface area (Å²) in [5, 5.41) is 23.7. The normalized spacial score (nSPS) is 24.2. The van der Waals surface area contributed by atoms with Crippen LogP contribution in [-0.4, -0.2) is 65.0 Å². The number of imide groups is 1. The Morgan fingerprint density at radius 1 is 1.08 bits per heavy atom. The number of pyridine rings is 1. The maximum absolute atomic E-state index is 16.1. The highest BCUT2D eigenvalue weighted by molar-refractivity contribution is 6.31. The van der Waals surface area contributed by atoms with Gasteiger partial charge in [-0.1, -0.05) is 74.0 Å². The van der Waals surface area contributed by atoms with Gasteiger partial charge in [-0.05, 0) is 98.8 Å². The molecule has 15 heteroatoms. The van der Waals surface area contributed by atoms with E-state index in [0.717, 1.165) is 56.8 Å². The van der Waals surface area contributed by atoms with Crippen molar-refractivity contribution < 1.29 is 23.2 Å². The second kappa shape index (κ2) is 18.5. The summed E-state index contributed by atoms with van der Waals surface area (Å²) in [6.07, 6.45) is 8.91. The van der Waals surface area contributed by atoms with Crippen molar-refractivity contribution in [1.82, 2.24) is 30.7 Å². The van der Waals surface area contributed by atoms with Crippen LogP contribution in [0.25, 0.3) is 5.65 Å². The number of urea groups is 1. The van der Waals surface area contributed by atoms with E-state index in [0.29, 0.717) is 30.2 Å². The van der Waals surface area contributed by atoms with E-state index < -0.39 is 41.1 Å². The number of fused-ring (bicyclic) bond motifs is 1. The highest BCUT2D eigenvalue weighted by atomic mass is 35.5. The second-order valence-corrected chi connectivity index (χ2v) is 18.4. The number of amides is 4. The molecule has 3 fully saturated rings. The third-order valence-electron chi connectivity index (χ3n) is 12.1. The first kappa shape index (κ1) is 44.0. The van der Waals surface area contributed by atoms with Gasteiger partial charge < -0.3 is 16.0 Å². The first-order chi connectivity index (χ1) is 29.2. The first-order valence-corrected chi connectivity index (χ1v) is 21.6. The molecule has 2 aromatic carbocycles. The molecule has 4 atom stereocenters. The Balaban J connectivity index is 0.948. The lowest BCUT2D eigenvalue weighted by atomic mass is 9.62. The predicted molar refractivity (Wildman–Crippen MR) is 231 cm³/mol. The van der Waals surface area contributed by atoms with Gasteiger partial charge in [0, 0.05) is 54.2 Å². The number of anilines is 1. The molecule has 0 bridgehead atoms. The molecule has 0 unspecified atom stereocenters. The molecule has 0 radical (unpaired) electrons. The number of carbonyl (C=O) groups is 3. The summed E-state index contributed by atoms with van der Waals surface area (Å²) >= 11 is 12.5. The summed E-state index contributed by atoms with van der Waals surface area (Å²) in [4.78, 5) is 44.4. The molecule has 320 valence electrons. The number of unbranched alkanes of at least 4 members (excludes halogenated alkanes) is 1. The number of nitrogens with zero attached hydrogens (tertiary/aromatic N) is 4. The molecule has 4 N–H and O–H groups in total. The van der Waals surface area contributed by atoms with Gasteiger partial charge in [-0.3, -0.25) is 24.2 Å². The SMILES string of the molecule is CC(C)(C)C[C@@H]1N[C@@H](C(=O)NC2CCC(CNCCCC#Cc3cccn4c(N5CCC(=O)NC5=O)cnc34)CC2)[C@H](c2cccc(Cl)c2F)[C@@]1(C#N)c1ccc(Cl)cc1F. The van der Waals surface area contributed by atoms with Crippen molar-refractivity contribution in [3.8, 4) is 17.9 Å². The van der Waals surface area contributed by atoms with Crippen LogP contribution >= 0.6 is 23.2 Å². The number of rotatable bonds is 11. The van der Waals surface area contributed by atoms with Gasteiger partial charge in [0.1, 0.15) is 22.9 Å². The topological polar surface area (TPSA) is 144 Å². The largest absolute Gasteiger partial charge is 0.352 e. The number of benzene rings is 2. The number of nitrogens with one attached hydrogen (secondary N) is 4. The van der Waals surface area contributed by atoms with Crippen molar-refractivity contribution in [3.05, 3.63) is 99.3 Å². The average molecular weight is 872 g/mol. The minimum atomic E-state index is -1.68. The van der Waals surface area contributed by atoms with E-state index in [-0.39, 0.29) is 57.4 Å². The van der Waals surface area contributed by atoms with E-state index in [9.17, 15) is 19.6 Å². The van der Waals surface area contributed by atoms with E-state index >= 15 is 8.78 Å². The molecule has 1 aliphatic carbocycles. The summed E-state index contributed by atoms with van der Waals surface area (Å²) in [7, 11) is 0. The number of hydrogen-bond acceptors (Lipinski definition) is 7. The molecule has 4 heterocycles. The van der Waals surface area contributed by atoms with Gasteiger partial charge in [0.25, 0.3) is 0 Å². The van der Waals surface area contributed by atoms with E-state index in [4.69, 9.17) is 23.2 Å². The van der Waals surface area contributed by atoms with Crippen molar-refractivity contribution in [2.75, 3.05) is 24.5 Å². The fraction of sp³-hybridized carbons (Fsp3) is 0.457. The minimum Gasteiger partial charge on any atom is -0.352 e. The van der Waals surface area contributed by atoms with Crippen LogP contribution in [0, 0.1) is 46.1 Å². The van der Waals surface area contributed by atoms with Gasteiger partial charge in [-0.15, -0.1) is 0 Å². The summed E-state index contributed by atoms with van der Waals surface area (Å²) in [5.74, 6) is 4.25. The van der Waals surface area contributed by atoms with Crippen LogP contribution in [0.2, 0.25) is 10.0 Å². The number of carbonyl (C=O) groups excluding carboxylic acids is 3. The minimum absolute atomic E-state index is 0.0495. The molecule has 2 aromatic heterocycles. The zero-order chi connectivity index (χ0) is 43.5. The Bertz CT molecular complexity index is 2410. The zero-order valence-corrected chi connectivity index (χ0v) is 36.0. The monoisotopic (exact) mass is 870 g/mol. The molecular weight excluding hydrogens is 821 g/mol. The maximum Gasteiger partial charge on any atom is 0.329 e. The Labute approximate surface area is 364 Å². The number of hydrogen-bond donors (Lipinski definition) is 4. The first-order valence-electron chi connectivity index (χ1n) is 20.8. The quantitative estimate of drug-likeness (QED) is 0.0891. The zero-order valence-electron chi connectivity index (χ0n) is 34.5. The van der Waals surface area contributed by atoms with Crippen LogP contribution in [0.5, 0.6) is 0 Å². The Morgan fingerprint density at radius 3 is 2.59 bits per heavy atom. The van der Waals surface area contributed by atoms with Crippen molar-refractivity contribution in [1.29, 1.82) is 5.26 Å². The Hall–Kier alpha value is -5.05. The highest BCUT2D eigenvalue weighted by Crippen LogP contribution is 2.53. The molecule has 4 aromatic rings. The van der Waals surface area contributed by atoms with Crippen molar-refractivity contribution in [3.63, 3.8) is 0 Å². The molecule has 7 rings (SSSR count). The van der Waals surface area contributed by atoms with Crippen LogP contribution < -0.4 is 26.2 Å². The predicted octanol–water partition coefficient (Wildman–Crippen LogP) is 7.78. The molecule has 3 aliphatic rings. The standard InChI is InChI=1S/C46H50Cl2F2N8O3/c1-45(2,3)24-36-46(27-51,33-18-15-30(47)23-35(33)49)39(32-11-7-12-34(48)40(32)50)41(55-36)43(60)54-31-16-13-28(14-17-31)25-52-20-6-4-5-9-29-10-8-21-57-38(26-53-42(29)57)58-22-19-37(59)56-44(58)61/h7-8,10-12,15,18,21,23,26,28,31,36,39,41,52,55H,4,6,13-14,16-17,19-20,22,24-25H2,1-3H3,(H,54,60)(H,56,59,61)/t28?,31?,36-,39-,41+,46-/m0/s1. The highest BCUT2D eigenvalue weighted by Gasteiger charge is 2.61. The second-order valence-electron chi connectivity index (χ2n) is 17.5. The smallest absolute Gasteiger partial charge is 0.329 e. The van der Waals surface area contributed by atoms with E-state index in [1.165, 1.54) is 29.2 Å². The summed E-state index contributed by atoms with van der Waals surface area (Å²) in [5.41, 5.74) is -0.509. The Kier molecular flexibility index (Phi) is 13.4. The molecule has 61 heavy (non-hydrogen) atoms. The molecule has 2 saturated heterocycles. The summed E-state index contributed by atoms with van der Waals surface area (Å²) in [6.45, 7) is 7.94. The molecule has 4 amide bonds. The van der Waals surface area contributed by atoms with Crippen molar-refractivity contribution in [2.24, 2.45) is 11.3 Å². The van der Waals surface area contributed by atoms with E-state index in [1.54, 1.807) is 16.7 Å². The van der Waals surface area contributed by atoms with Gasteiger partial charge >= 0.3 is 6.03 Å². The molecule has 0 spiro atoms. The van der Waals surface area contributed by atoms with Crippen LogP contribution in [-0.2, 0) is 15.0 Å². The molecule has 2 aliphatic heterocycles. The molecule has 1 saturated carbocycles. The van der Waals surface area contributed by atoms with Crippen LogP contribution in [0.1, 0.15) is 94.7 Å². The van der Waals surface area contributed by atoms with Gasteiger partial charge in [0.2, 0.25) is 11.8 Å². The lowest BCUT2D eigenvalue weighted by molar-refractivity contribution is -0.124. The average Bonchev–Trinajstić information content (AvgIpc) is 3.78. The number of nitriles is 1. The fourth-order valence-electron chi connectivity index (χ4n) is 9.20. The third kappa shape index (κ3) is 9.41. The fourth-order valence-corrected chi connectivity index (χ4v) is 9.54. The number of aromatic nitrogens is 2. The van der Waals surface area contributed by atoms with Crippen LogP contribution in [0.4, 0.5) is 19.4 Å². The van der Waals surface area contributed by atoms with E-state index in [1.807, 2.05) is 39.1 Å². The van der Waals surface area contributed by atoms with Gasteiger partial charge in [0.15, 0.2) is 5.65 Å². The molecular formula is C46H50Cl2F2N8O3. The molecule has 11 nitrogen and oxygen atoms in total. The lowest BCUT2D eigenvalue weighted by Gasteiger charge is -2.37. The summed E-state index contributed by atoms with van der Waals surface area (Å²) < 4.78 is 33.8. The van der Waals surface area contributed by atoms with Gasteiger partial charge in [0.05, 0.1) is 28.9 Å². The van der Waals surface area contributed by atoms with Crippen LogP contribution in [0.3, 0.4) is 0 Å². The lowest BCUT2D eigenvalue weighted by Crippen LogP contribution is -2.50. The van der Waals surface area contributed by atoms with Gasteiger partial charge in [-0.2, -0.15) is 5.26 Å². The maximum atomic E-state index is 16.1. The summed E-state index contributed by atoms with van der Waals surface area (Å²) in [6, 6.07) is 12.5.